The van der Waals surface area contributed by atoms with E-state index in [2.05, 4.69) is 0 Å². The number of hydrogen-bond acceptors (Lipinski definition) is 3. The Morgan fingerprint density at radius 2 is 1.77 bits per heavy atom. The van der Waals surface area contributed by atoms with E-state index in [0.717, 1.165) is 5.56 Å². The summed E-state index contributed by atoms with van der Waals surface area (Å²) in [5, 5.41) is 9.22. The summed E-state index contributed by atoms with van der Waals surface area (Å²) in [5.74, 6) is -0.654. The highest BCUT2D eigenvalue weighted by molar-refractivity contribution is 5.92. The molecular weight excluding hydrogens is 280 g/mol. The number of carboxylic acid groups (broad SMARTS) is 1. The number of carbonyl (C=O) groups is 1. The van der Waals surface area contributed by atoms with E-state index in [1.807, 2.05) is 36.4 Å². The molecule has 0 saturated heterocycles. The Morgan fingerprint density at radius 3 is 2.50 bits per heavy atom. The molecule has 0 aliphatic heterocycles. The zero-order chi connectivity index (χ0) is 15.5. The fourth-order valence-corrected chi connectivity index (χ4v) is 2.13. The van der Waals surface area contributed by atoms with Gasteiger partial charge in [-0.05, 0) is 29.8 Å². The molecule has 1 N–H and O–H groups in total. The van der Waals surface area contributed by atoms with Crippen molar-refractivity contribution >= 4 is 29.1 Å². The van der Waals surface area contributed by atoms with Gasteiger partial charge in [0.25, 0.3) is 0 Å². The predicted molar refractivity (Wildman–Crippen MR) is 84.8 cm³/mol. The van der Waals surface area contributed by atoms with Crippen LogP contribution in [0.15, 0.2) is 63.8 Å². The van der Waals surface area contributed by atoms with Gasteiger partial charge < -0.3 is 9.52 Å². The molecule has 4 heteroatoms. The summed E-state index contributed by atoms with van der Waals surface area (Å²) in [7, 11) is 0. The monoisotopic (exact) mass is 292 g/mol. The Labute approximate surface area is 125 Å². The highest BCUT2D eigenvalue weighted by Gasteiger charge is 2.08. The van der Waals surface area contributed by atoms with Gasteiger partial charge in [-0.2, -0.15) is 0 Å². The smallest absolute Gasteiger partial charge is 0.335 e. The van der Waals surface area contributed by atoms with Crippen molar-refractivity contribution in [2.75, 3.05) is 0 Å². The van der Waals surface area contributed by atoms with E-state index in [0.29, 0.717) is 11.3 Å². The van der Waals surface area contributed by atoms with Gasteiger partial charge in [0, 0.05) is 6.07 Å². The minimum Gasteiger partial charge on any atom is -0.478 e. The van der Waals surface area contributed by atoms with Gasteiger partial charge >= 0.3 is 5.97 Å². The second-order valence-electron chi connectivity index (χ2n) is 4.77. The lowest BCUT2D eigenvalue weighted by molar-refractivity contribution is 0.0697. The second-order valence-corrected chi connectivity index (χ2v) is 4.77. The van der Waals surface area contributed by atoms with Crippen molar-refractivity contribution in [3.05, 3.63) is 81.7 Å². The van der Waals surface area contributed by atoms with Crippen molar-refractivity contribution < 1.29 is 14.3 Å². The normalized spacial score (nSPS) is 11.1. The first kappa shape index (κ1) is 13.8. The second kappa shape index (κ2) is 5.69. The van der Waals surface area contributed by atoms with Crippen LogP contribution in [0.4, 0.5) is 0 Å². The van der Waals surface area contributed by atoms with E-state index in [1.54, 1.807) is 6.08 Å². The quantitative estimate of drug-likeness (QED) is 0.800. The van der Waals surface area contributed by atoms with Crippen LogP contribution in [0.25, 0.3) is 23.1 Å². The molecule has 0 unspecified atom stereocenters. The summed E-state index contributed by atoms with van der Waals surface area (Å²) < 4.78 is 5.62. The molecule has 1 aromatic heterocycles. The maximum absolute atomic E-state index is 12.1. The lowest BCUT2D eigenvalue weighted by atomic mass is 10.1. The third kappa shape index (κ3) is 2.81. The van der Waals surface area contributed by atoms with Crippen LogP contribution >= 0.6 is 0 Å². The summed E-state index contributed by atoms with van der Waals surface area (Å²) in [6.07, 6.45) is 3.55. The van der Waals surface area contributed by atoms with E-state index in [4.69, 9.17) is 9.52 Å². The lowest BCUT2D eigenvalue weighted by Crippen LogP contribution is -2.03. The molecule has 0 atom stereocenters. The summed E-state index contributed by atoms with van der Waals surface area (Å²) in [5.41, 5.74) is 1.15. The first-order chi connectivity index (χ1) is 10.6. The minimum atomic E-state index is -1.07. The molecule has 0 saturated carbocycles. The summed E-state index contributed by atoms with van der Waals surface area (Å²) in [4.78, 5) is 23.0. The van der Waals surface area contributed by atoms with Crippen LogP contribution in [0.3, 0.4) is 0 Å². The first-order valence-corrected chi connectivity index (χ1v) is 6.68. The van der Waals surface area contributed by atoms with Crippen LogP contribution in [0.1, 0.15) is 21.7 Å². The molecule has 0 aliphatic rings. The molecule has 0 aliphatic carbocycles. The molecule has 2 aromatic carbocycles. The molecule has 0 bridgehead atoms. The van der Waals surface area contributed by atoms with Gasteiger partial charge in [0.2, 0.25) is 0 Å². The van der Waals surface area contributed by atoms with Gasteiger partial charge in [-0.3, -0.25) is 4.79 Å². The van der Waals surface area contributed by atoms with Gasteiger partial charge in [-0.25, -0.2) is 4.79 Å². The fourth-order valence-electron chi connectivity index (χ4n) is 2.13. The van der Waals surface area contributed by atoms with E-state index >= 15 is 0 Å². The number of rotatable bonds is 3. The van der Waals surface area contributed by atoms with E-state index in [-0.39, 0.29) is 16.4 Å². The molecule has 22 heavy (non-hydrogen) atoms. The number of fused-ring (bicyclic) bond motifs is 1. The Balaban J connectivity index is 2.03. The Hall–Kier alpha value is -3.14. The lowest BCUT2D eigenvalue weighted by Gasteiger charge is -2.00. The van der Waals surface area contributed by atoms with Crippen LogP contribution in [-0.4, -0.2) is 11.1 Å². The predicted octanol–water partition coefficient (Wildman–Crippen LogP) is 3.66. The Morgan fingerprint density at radius 1 is 1.00 bits per heavy atom. The van der Waals surface area contributed by atoms with Crippen molar-refractivity contribution in [1.29, 1.82) is 0 Å². The van der Waals surface area contributed by atoms with E-state index in [9.17, 15) is 9.59 Å². The zero-order valence-corrected chi connectivity index (χ0v) is 11.5. The van der Waals surface area contributed by atoms with Crippen molar-refractivity contribution in [2.45, 2.75) is 0 Å². The molecule has 0 amide bonds. The molecule has 4 nitrogen and oxygen atoms in total. The van der Waals surface area contributed by atoms with Crippen LogP contribution < -0.4 is 5.43 Å². The summed E-state index contributed by atoms with van der Waals surface area (Å²) in [6, 6.07) is 15.2. The van der Waals surface area contributed by atoms with Crippen LogP contribution in [0, 0.1) is 0 Å². The third-order valence-electron chi connectivity index (χ3n) is 3.23. The van der Waals surface area contributed by atoms with Crippen molar-refractivity contribution in [3.63, 3.8) is 0 Å². The zero-order valence-electron chi connectivity index (χ0n) is 11.5. The molecule has 108 valence electrons. The molecule has 3 aromatic rings. The first-order valence-electron chi connectivity index (χ1n) is 6.68. The van der Waals surface area contributed by atoms with Gasteiger partial charge in [-0.1, -0.05) is 36.4 Å². The maximum Gasteiger partial charge on any atom is 0.335 e. The Kier molecular flexibility index (Phi) is 3.58. The van der Waals surface area contributed by atoms with Gasteiger partial charge in [-0.15, -0.1) is 0 Å². The van der Waals surface area contributed by atoms with Gasteiger partial charge in [0.05, 0.1) is 10.9 Å². The van der Waals surface area contributed by atoms with Crippen molar-refractivity contribution in [2.24, 2.45) is 0 Å². The topological polar surface area (TPSA) is 67.5 Å². The van der Waals surface area contributed by atoms with Crippen LogP contribution in [0.2, 0.25) is 0 Å². The summed E-state index contributed by atoms with van der Waals surface area (Å²) in [6.45, 7) is 0. The average molecular weight is 292 g/mol. The standard InChI is InChI=1S/C18H12O4/c19-16-11-14(8-6-12-4-2-1-3-5-12)22-17-9-7-13(18(20)21)10-15(16)17/h1-11H,(H,20,21)/b8-6+. The number of carboxylic acids is 1. The average Bonchev–Trinajstić information content (AvgIpc) is 2.53. The van der Waals surface area contributed by atoms with Gasteiger partial charge in [0.15, 0.2) is 5.43 Å². The van der Waals surface area contributed by atoms with Crippen LogP contribution in [0.5, 0.6) is 0 Å². The highest BCUT2D eigenvalue weighted by Crippen LogP contribution is 2.16. The number of benzene rings is 2. The summed E-state index contributed by atoms with van der Waals surface area (Å²) >= 11 is 0. The van der Waals surface area contributed by atoms with Gasteiger partial charge in [0.1, 0.15) is 11.3 Å². The molecule has 0 radical (unpaired) electrons. The Bertz CT molecular complexity index is 921. The van der Waals surface area contributed by atoms with Crippen molar-refractivity contribution in [3.8, 4) is 0 Å². The van der Waals surface area contributed by atoms with Crippen molar-refractivity contribution in [1.82, 2.24) is 0 Å². The van der Waals surface area contributed by atoms with E-state index < -0.39 is 5.97 Å². The molecule has 0 spiro atoms. The number of hydrogen-bond donors (Lipinski definition) is 1. The largest absolute Gasteiger partial charge is 0.478 e. The molecular formula is C18H12O4. The minimum absolute atomic E-state index is 0.0624. The SMILES string of the molecule is O=C(O)c1ccc2oc(/C=C/c3ccccc3)cc(=O)c2c1. The number of aromatic carboxylic acids is 1. The molecule has 1 heterocycles. The highest BCUT2D eigenvalue weighted by atomic mass is 16.4. The molecule has 3 rings (SSSR count). The maximum atomic E-state index is 12.1. The molecule has 0 fully saturated rings. The van der Waals surface area contributed by atoms with E-state index in [1.165, 1.54) is 24.3 Å². The third-order valence-corrected chi connectivity index (χ3v) is 3.23. The van der Waals surface area contributed by atoms with Crippen LogP contribution in [-0.2, 0) is 0 Å². The fraction of sp³-hybridized carbons (Fsp3) is 0.